The number of rotatable bonds is 10. The molecule has 2 aliphatic heterocycles. The third-order valence-corrected chi connectivity index (χ3v) is 5.59. The number of piperazine rings is 1. The number of ether oxygens (including phenoxy) is 1. The van der Waals surface area contributed by atoms with Crippen LogP contribution in [0.1, 0.15) is 33.6 Å². The fourth-order valence-electron chi connectivity index (χ4n) is 3.87. The molecule has 0 bridgehead atoms. The molecule has 1 N–H and O–H groups in total. The fourth-order valence-corrected chi connectivity index (χ4v) is 3.87. The average Bonchev–Trinajstić information content (AvgIpc) is 2.60. The molecule has 2 heterocycles. The van der Waals surface area contributed by atoms with E-state index >= 15 is 0 Å². The van der Waals surface area contributed by atoms with Crippen molar-refractivity contribution >= 4 is 0 Å². The van der Waals surface area contributed by atoms with Crippen LogP contribution in [0.15, 0.2) is 0 Å². The predicted molar refractivity (Wildman–Crippen MR) is 102 cm³/mol. The van der Waals surface area contributed by atoms with Crippen molar-refractivity contribution in [3.05, 3.63) is 0 Å². The van der Waals surface area contributed by atoms with E-state index in [2.05, 4.69) is 33.9 Å². The molecule has 2 fully saturated rings. The molecule has 5 heteroatoms. The molecule has 0 saturated carbocycles. The van der Waals surface area contributed by atoms with E-state index in [1.807, 2.05) is 6.92 Å². The highest BCUT2D eigenvalue weighted by molar-refractivity contribution is 4.79. The number of likely N-dealkylation sites (tertiary alicyclic amines) is 1. The maximum atomic E-state index is 5.35. The van der Waals surface area contributed by atoms with Gasteiger partial charge in [0.1, 0.15) is 0 Å². The van der Waals surface area contributed by atoms with Crippen LogP contribution in [0.2, 0.25) is 0 Å². The second kappa shape index (κ2) is 11.4. The third-order valence-electron chi connectivity index (χ3n) is 5.59. The zero-order valence-corrected chi connectivity index (χ0v) is 16.3. The molecule has 0 aromatic rings. The van der Waals surface area contributed by atoms with Crippen LogP contribution in [0, 0.1) is 5.92 Å². The summed E-state index contributed by atoms with van der Waals surface area (Å²) < 4.78 is 5.35. The predicted octanol–water partition coefficient (Wildman–Crippen LogP) is 1.35. The Kier molecular flexibility index (Phi) is 9.57. The quantitative estimate of drug-likeness (QED) is 0.607. The van der Waals surface area contributed by atoms with Crippen molar-refractivity contribution in [3.8, 4) is 0 Å². The van der Waals surface area contributed by atoms with Crippen molar-refractivity contribution in [1.82, 2.24) is 20.0 Å². The van der Waals surface area contributed by atoms with Gasteiger partial charge in [0.2, 0.25) is 0 Å². The summed E-state index contributed by atoms with van der Waals surface area (Å²) >= 11 is 0. The number of hydrogen-bond donors (Lipinski definition) is 1. The lowest BCUT2D eigenvalue weighted by Gasteiger charge is -2.40. The molecule has 24 heavy (non-hydrogen) atoms. The molecule has 0 radical (unpaired) electrons. The minimum Gasteiger partial charge on any atom is -0.380 e. The minimum atomic E-state index is 0.706. The Balaban J connectivity index is 1.50. The first-order valence-corrected chi connectivity index (χ1v) is 10.2. The van der Waals surface area contributed by atoms with Gasteiger partial charge in [-0.25, -0.2) is 0 Å². The second-order valence-corrected chi connectivity index (χ2v) is 7.66. The zero-order valence-electron chi connectivity index (χ0n) is 16.3. The van der Waals surface area contributed by atoms with Gasteiger partial charge < -0.3 is 19.9 Å². The molecular formula is C19H40N4O. The lowest BCUT2D eigenvalue weighted by Crippen LogP contribution is -2.50. The molecule has 0 atom stereocenters. The van der Waals surface area contributed by atoms with Crippen LogP contribution >= 0.6 is 0 Å². The first-order chi connectivity index (χ1) is 11.7. The molecule has 0 aromatic carbocycles. The van der Waals surface area contributed by atoms with Gasteiger partial charge in [-0.15, -0.1) is 0 Å². The molecule has 2 saturated heterocycles. The van der Waals surface area contributed by atoms with Crippen LogP contribution < -0.4 is 5.32 Å². The smallest absolute Gasteiger partial charge is 0.0590 e. The third kappa shape index (κ3) is 7.36. The largest absolute Gasteiger partial charge is 0.380 e. The lowest BCUT2D eigenvalue weighted by atomic mass is 9.96. The Labute approximate surface area is 149 Å². The molecule has 0 spiro atoms. The summed E-state index contributed by atoms with van der Waals surface area (Å²) in [6, 6.07) is 0.706. The van der Waals surface area contributed by atoms with Crippen LogP contribution in [0.3, 0.4) is 0 Å². The summed E-state index contributed by atoms with van der Waals surface area (Å²) in [5, 5.41) is 3.48. The molecular weight excluding hydrogens is 300 g/mol. The number of piperidine rings is 1. The van der Waals surface area contributed by atoms with Crippen molar-refractivity contribution in [2.24, 2.45) is 5.92 Å². The van der Waals surface area contributed by atoms with Crippen LogP contribution in [0.25, 0.3) is 0 Å². The van der Waals surface area contributed by atoms with Gasteiger partial charge in [-0.05, 0) is 52.6 Å². The van der Waals surface area contributed by atoms with E-state index in [-0.39, 0.29) is 0 Å². The van der Waals surface area contributed by atoms with Gasteiger partial charge in [0, 0.05) is 65.0 Å². The van der Waals surface area contributed by atoms with Gasteiger partial charge in [0.15, 0.2) is 0 Å². The van der Waals surface area contributed by atoms with Gasteiger partial charge in [-0.1, -0.05) is 0 Å². The van der Waals surface area contributed by atoms with Crippen LogP contribution in [0.4, 0.5) is 0 Å². The first kappa shape index (κ1) is 20.1. The van der Waals surface area contributed by atoms with Gasteiger partial charge in [-0.3, -0.25) is 4.90 Å². The fraction of sp³-hybridized carbons (Fsp3) is 1.00. The monoisotopic (exact) mass is 340 g/mol. The number of nitrogens with zero attached hydrogens (tertiary/aromatic N) is 3. The average molecular weight is 341 g/mol. The van der Waals surface area contributed by atoms with E-state index in [1.165, 1.54) is 65.2 Å². The van der Waals surface area contributed by atoms with Gasteiger partial charge in [0.25, 0.3) is 0 Å². The van der Waals surface area contributed by atoms with Crippen LogP contribution in [0.5, 0.6) is 0 Å². The Bertz CT molecular complexity index is 310. The van der Waals surface area contributed by atoms with Crippen molar-refractivity contribution in [3.63, 3.8) is 0 Å². The van der Waals surface area contributed by atoms with Crippen LogP contribution in [-0.2, 0) is 4.74 Å². The van der Waals surface area contributed by atoms with E-state index in [0.717, 1.165) is 32.2 Å². The second-order valence-electron chi connectivity index (χ2n) is 7.66. The van der Waals surface area contributed by atoms with Crippen molar-refractivity contribution in [1.29, 1.82) is 0 Å². The summed E-state index contributed by atoms with van der Waals surface area (Å²) in [7, 11) is 0. The first-order valence-electron chi connectivity index (χ1n) is 10.2. The topological polar surface area (TPSA) is 31.0 Å². The summed E-state index contributed by atoms with van der Waals surface area (Å²) in [4.78, 5) is 7.94. The van der Waals surface area contributed by atoms with E-state index < -0.39 is 0 Å². The molecule has 0 amide bonds. The van der Waals surface area contributed by atoms with Crippen molar-refractivity contribution in [2.45, 2.75) is 39.7 Å². The highest BCUT2D eigenvalue weighted by Gasteiger charge is 2.24. The lowest BCUT2D eigenvalue weighted by molar-refractivity contribution is 0.0810. The number of hydrogen-bond acceptors (Lipinski definition) is 5. The highest BCUT2D eigenvalue weighted by Crippen LogP contribution is 2.19. The van der Waals surface area contributed by atoms with Gasteiger partial charge >= 0.3 is 0 Å². The maximum absolute atomic E-state index is 5.35. The molecule has 0 aromatic heterocycles. The van der Waals surface area contributed by atoms with Crippen LogP contribution in [-0.4, -0.2) is 99.4 Å². The standard InChI is InChI=1S/C19H40N4O/c1-4-24-16-8-20-7-11-21-9-5-19(6-10-21)17-22-12-14-23(15-13-22)18(2)3/h18-20H,4-17H2,1-3H3. The van der Waals surface area contributed by atoms with Gasteiger partial charge in [-0.2, -0.15) is 0 Å². The Morgan fingerprint density at radius 2 is 1.67 bits per heavy atom. The summed E-state index contributed by atoms with van der Waals surface area (Å²) in [5.41, 5.74) is 0. The number of nitrogens with one attached hydrogen (secondary N) is 1. The molecule has 0 aliphatic carbocycles. The Morgan fingerprint density at radius 1 is 0.958 bits per heavy atom. The molecule has 2 aliphatic rings. The summed E-state index contributed by atoms with van der Waals surface area (Å²) in [6.45, 7) is 20.5. The van der Waals surface area contributed by atoms with Gasteiger partial charge in [0.05, 0.1) is 6.61 Å². The molecule has 5 nitrogen and oxygen atoms in total. The SMILES string of the molecule is CCOCCNCCN1CCC(CN2CCN(C(C)C)CC2)CC1. The van der Waals surface area contributed by atoms with Crippen molar-refractivity contribution in [2.75, 3.05) is 78.7 Å². The van der Waals surface area contributed by atoms with E-state index in [1.54, 1.807) is 0 Å². The van der Waals surface area contributed by atoms with E-state index in [4.69, 9.17) is 4.74 Å². The van der Waals surface area contributed by atoms with E-state index in [0.29, 0.717) is 6.04 Å². The zero-order chi connectivity index (χ0) is 17.2. The molecule has 0 unspecified atom stereocenters. The minimum absolute atomic E-state index is 0.706. The Hall–Kier alpha value is -0.200. The summed E-state index contributed by atoms with van der Waals surface area (Å²) in [6.07, 6.45) is 2.76. The Morgan fingerprint density at radius 3 is 2.29 bits per heavy atom. The molecule has 2 rings (SSSR count). The maximum Gasteiger partial charge on any atom is 0.0590 e. The van der Waals surface area contributed by atoms with E-state index in [9.17, 15) is 0 Å². The molecule has 142 valence electrons. The normalized spacial score (nSPS) is 22.5. The van der Waals surface area contributed by atoms with Crippen molar-refractivity contribution < 1.29 is 4.74 Å². The highest BCUT2D eigenvalue weighted by atomic mass is 16.5. The summed E-state index contributed by atoms with van der Waals surface area (Å²) in [5.74, 6) is 0.915.